The summed E-state index contributed by atoms with van der Waals surface area (Å²) in [5.74, 6) is 0.116. The van der Waals surface area contributed by atoms with E-state index in [1.54, 1.807) is 12.1 Å². The fourth-order valence-electron chi connectivity index (χ4n) is 2.84. The van der Waals surface area contributed by atoms with Crippen molar-refractivity contribution in [3.63, 3.8) is 0 Å². The van der Waals surface area contributed by atoms with Crippen molar-refractivity contribution in [2.45, 2.75) is 63.3 Å². The van der Waals surface area contributed by atoms with Crippen molar-refractivity contribution in [1.29, 1.82) is 0 Å². The minimum absolute atomic E-state index is 0.124. The zero-order valence-corrected chi connectivity index (χ0v) is 15.4. The number of carbonyl (C=O) groups is 1. The Morgan fingerprint density at radius 3 is 2.21 bits per heavy atom. The molecule has 2 rings (SSSR count). The van der Waals surface area contributed by atoms with Crippen LogP contribution in [-0.2, 0) is 10.0 Å². The number of amides is 1. The molecule has 1 fully saturated rings. The van der Waals surface area contributed by atoms with Gasteiger partial charge < -0.3 is 5.32 Å². The van der Waals surface area contributed by atoms with Crippen LogP contribution in [0.1, 0.15) is 62.7 Å². The van der Waals surface area contributed by atoms with Gasteiger partial charge in [0.25, 0.3) is 5.91 Å². The predicted molar refractivity (Wildman–Crippen MR) is 95.4 cm³/mol. The van der Waals surface area contributed by atoms with Gasteiger partial charge in [0.1, 0.15) is 0 Å². The summed E-state index contributed by atoms with van der Waals surface area (Å²) in [4.78, 5) is 12.5. The number of carbonyl (C=O) groups excluding carboxylic acids is 1. The maximum absolute atomic E-state index is 12.3. The molecule has 0 aromatic heterocycles. The highest BCUT2D eigenvalue weighted by molar-refractivity contribution is 7.89. The van der Waals surface area contributed by atoms with Crippen LogP contribution < -0.4 is 10.0 Å². The zero-order valence-electron chi connectivity index (χ0n) is 14.5. The molecular weight excluding hydrogens is 324 g/mol. The molecule has 0 unspecified atom stereocenters. The number of hydrogen-bond acceptors (Lipinski definition) is 3. The van der Waals surface area contributed by atoms with Crippen LogP contribution in [0.4, 0.5) is 0 Å². The number of hydrogen-bond donors (Lipinski definition) is 2. The largest absolute Gasteiger partial charge is 0.349 e. The van der Waals surface area contributed by atoms with E-state index in [-0.39, 0.29) is 22.8 Å². The third-order valence-electron chi connectivity index (χ3n) is 4.30. The van der Waals surface area contributed by atoms with Crippen molar-refractivity contribution in [3.8, 4) is 0 Å². The Balaban J connectivity index is 1.99. The van der Waals surface area contributed by atoms with Crippen molar-refractivity contribution in [1.82, 2.24) is 10.0 Å². The smallest absolute Gasteiger partial charge is 0.251 e. The third-order valence-corrected chi connectivity index (χ3v) is 5.74. The molecule has 1 amide bonds. The van der Waals surface area contributed by atoms with Gasteiger partial charge in [0.2, 0.25) is 10.0 Å². The molecule has 134 valence electrons. The molecule has 1 aliphatic carbocycles. The van der Waals surface area contributed by atoms with E-state index < -0.39 is 10.0 Å². The summed E-state index contributed by atoms with van der Waals surface area (Å²) in [5, 5.41) is 3.07. The number of sulfonamides is 1. The van der Waals surface area contributed by atoms with Gasteiger partial charge in [-0.2, -0.15) is 0 Å². The zero-order chi connectivity index (χ0) is 17.6. The molecule has 1 aromatic rings. The van der Waals surface area contributed by atoms with Crippen molar-refractivity contribution in [2.75, 3.05) is 6.54 Å². The van der Waals surface area contributed by atoms with Crippen molar-refractivity contribution in [2.24, 2.45) is 5.92 Å². The van der Waals surface area contributed by atoms with Crippen molar-refractivity contribution in [3.05, 3.63) is 29.8 Å². The molecule has 0 aliphatic heterocycles. The first-order chi connectivity index (χ1) is 11.4. The summed E-state index contributed by atoms with van der Waals surface area (Å²) in [6.07, 6.45) is 6.84. The van der Waals surface area contributed by atoms with Gasteiger partial charge in [-0.15, -0.1) is 0 Å². The van der Waals surface area contributed by atoms with Crippen molar-refractivity contribution < 1.29 is 13.2 Å². The van der Waals surface area contributed by atoms with Crippen LogP contribution in [0, 0.1) is 5.92 Å². The molecule has 1 aliphatic rings. The van der Waals surface area contributed by atoms with Crippen molar-refractivity contribution >= 4 is 15.9 Å². The average Bonchev–Trinajstić information content (AvgIpc) is 2.82. The maximum Gasteiger partial charge on any atom is 0.251 e. The molecule has 5 nitrogen and oxygen atoms in total. The first-order valence-electron chi connectivity index (χ1n) is 8.79. The van der Waals surface area contributed by atoms with Crippen LogP contribution in [0.3, 0.4) is 0 Å². The molecule has 1 aromatic carbocycles. The highest BCUT2D eigenvalue weighted by Crippen LogP contribution is 2.18. The van der Waals surface area contributed by atoms with Gasteiger partial charge in [0.05, 0.1) is 4.90 Å². The summed E-state index contributed by atoms with van der Waals surface area (Å²) in [6.45, 7) is 4.29. The van der Waals surface area contributed by atoms with Gasteiger partial charge in [-0.05, 0) is 43.0 Å². The second kappa shape index (κ2) is 8.62. The summed E-state index contributed by atoms with van der Waals surface area (Å²) >= 11 is 0. The molecule has 24 heavy (non-hydrogen) atoms. The molecule has 0 saturated heterocycles. The van der Waals surface area contributed by atoms with E-state index in [1.807, 2.05) is 13.8 Å². The highest BCUT2D eigenvalue weighted by atomic mass is 32.2. The molecule has 0 spiro atoms. The van der Waals surface area contributed by atoms with E-state index >= 15 is 0 Å². The fourth-order valence-corrected chi connectivity index (χ4v) is 4.05. The molecule has 0 heterocycles. The first kappa shape index (κ1) is 18.9. The van der Waals surface area contributed by atoms with Crippen LogP contribution in [-0.4, -0.2) is 26.9 Å². The Labute approximate surface area is 145 Å². The van der Waals surface area contributed by atoms with E-state index in [0.29, 0.717) is 12.1 Å². The topological polar surface area (TPSA) is 75.3 Å². The molecule has 0 radical (unpaired) electrons. The van der Waals surface area contributed by atoms with Gasteiger partial charge in [0, 0.05) is 18.2 Å². The minimum atomic E-state index is -3.51. The summed E-state index contributed by atoms with van der Waals surface area (Å²) in [5.41, 5.74) is 0.502. The maximum atomic E-state index is 12.3. The monoisotopic (exact) mass is 352 g/mol. The lowest BCUT2D eigenvalue weighted by atomic mass is 10.1. The predicted octanol–water partition coefficient (Wildman–Crippen LogP) is 3.07. The average molecular weight is 353 g/mol. The summed E-state index contributed by atoms with van der Waals surface area (Å²) in [7, 11) is -3.51. The Morgan fingerprint density at radius 1 is 1.08 bits per heavy atom. The quantitative estimate of drug-likeness (QED) is 0.773. The normalized spacial score (nSPS) is 16.8. The molecular formula is C18H28N2O3S. The van der Waals surface area contributed by atoms with Gasteiger partial charge in [-0.1, -0.05) is 39.5 Å². The van der Waals surface area contributed by atoms with Crippen LogP contribution in [0.25, 0.3) is 0 Å². The Bertz CT molecular complexity index is 631. The van der Waals surface area contributed by atoms with Crippen LogP contribution in [0.5, 0.6) is 0 Å². The van der Waals surface area contributed by atoms with E-state index in [4.69, 9.17) is 0 Å². The van der Waals surface area contributed by atoms with Crippen LogP contribution in [0.2, 0.25) is 0 Å². The molecule has 1 saturated carbocycles. The van der Waals surface area contributed by atoms with Crippen LogP contribution in [0.15, 0.2) is 29.2 Å². The lowest BCUT2D eigenvalue weighted by Crippen LogP contribution is -2.34. The minimum Gasteiger partial charge on any atom is -0.349 e. The molecule has 2 N–H and O–H groups in total. The molecule has 6 heteroatoms. The molecule has 0 atom stereocenters. The van der Waals surface area contributed by atoms with E-state index in [0.717, 1.165) is 25.7 Å². The Hall–Kier alpha value is -1.40. The van der Waals surface area contributed by atoms with Gasteiger partial charge in [-0.25, -0.2) is 13.1 Å². The van der Waals surface area contributed by atoms with Gasteiger partial charge >= 0.3 is 0 Å². The van der Waals surface area contributed by atoms with Gasteiger partial charge in [0.15, 0.2) is 0 Å². The highest BCUT2D eigenvalue weighted by Gasteiger charge is 2.18. The summed E-state index contributed by atoms with van der Waals surface area (Å²) in [6, 6.07) is 6.37. The second-order valence-electron chi connectivity index (χ2n) is 6.93. The lowest BCUT2D eigenvalue weighted by Gasteiger charge is -2.16. The second-order valence-corrected chi connectivity index (χ2v) is 8.70. The Morgan fingerprint density at radius 2 is 1.67 bits per heavy atom. The Kier molecular flexibility index (Phi) is 6.80. The van der Waals surface area contributed by atoms with E-state index in [1.165, 1.54) is 25.0 Å². The number of benzene rings is 1. The number of nitrogens with one attached hydrogen (secondary N) is 2. The van der Waals surface area contributed by atoms with E-state index in [9.17, 15) is 13.2 Å². The molecule has 0 bridgehead atoms. The van der Waals surface area contributed by atoms with Gasteiger partial charge in [-0.3, -0.25) is 4.79 Å². The van der Waals surface area contributed by atoms with E-state index in [2.05, 4.69) is 10.0 Å². The SMILES string of the molecule is CC(C)CNS(=O)(=O)c1ccc(C(=O)NC2CCCCCC2)cc1. The summed E-state index contributed by atoms with van der Waals surface area (Å²) < 4.78 is 26.9. The standard InChI is InChI=1S/C18H28N2O3S/c1-14(2)13-19-24(22,23)17-11-9-15(10-12-17)18(21)20-16-7-5-3-4-6-8-16/h9-12,14,16,19H,3-8,13H2,1-2H3,(H,20,21). The first-order valence-corrected chi connectivity index (χ1v) is 10.3. The third kappa shape index (κ3) is 5.60. The van der Waals surface area contributed by atoms with Crippen LogP contribution >= 0.6 is 0 Å². The lowest BCUT2D eigenvalue weighted by molar-refractivity contribution is 0.0933. The fraction of sp³-hybridized carbons (Fsp3) is 0.611. The number of rotatable bonds is 6.